The van der Waals surface area contributed by atoms with E-state index in [1.54, 1.807) is 6.20 Å². The zero-order valence-electron chi connectivity index (χ0n) is 19.7. The van der Waals surface area contributed by atoms with Crippen LogP contribution < -0.4 is 10.6 Å². The minimum Gasteiger partial charge on any atom is -0.361 e. The molecular weight excluding hydrogens is 424 g/mol. The first kappa shape index (κ1) is 21.0. The fourth-order valence-corrected chi connectivity index (χ4v) is 4.48. The second kappa shape index (κ2) is 7.75. The van der Waals surface area contributed by atoms with Gasteiger partial charge in [0.25, 0.3) is 0 Å². The van der Waals surface area contributed by atoms with Crippen molar-refractivity contribution in [2.24, 2.45) is 0 Å². The quantitative estimate of drug-likeness (QED) is 0.348. The van der Waals surface area contributed by atoms with Crippen LogP contribution in [-0.2, 0) is 10.3 Å². The number of benzene rings is 2. The molecule has 6 rings (SSSR count). The third-order valence-electron chi connectivity index (χ3n) is 6.47. The maximum atomic E-state index is 5.90. The Morgan fingerprint density at radius 1 is 0.971 bits per heavy atom. The molecule has 2 aliphatic rings. The molecule has 1 fully saturated rings. The molecule has 0 radical (unpaired) electrons. The van der Waals surface area contributed by atoms with Crippen molar-refractivity contribution in [3.05, 3.63) is 72.4 Å². The van der Waals surface area contributed by atoms with E-state index < -0.39 is 0 Å². The molecule has 0 unspecified atom stereocenters. The van der Waals surface area contributed by atoms with E-state index in [1.807, 2.05) is 30.3 Å². The van der Waals surface area contributed by atoms with Crippen molar-refractivity contribution in [2.75, 3.05) is 12.0 Å². The Labute approximate surface area is 199 Å². The van der Waals surface area contributed by atoms with E-state index in [0.717, 1.165) is 52.8 Å². The van der Waals surface area contributed by atoms with Gasteiger partial charge in [0.1, 0.15) is 0 Å². The second-order valence-electron chi connectivity index (χ2n) is 9.96. The van der Waals surface area contributed by atoms with Gasteiger partial charge in [-0.1, -0.05) is 36.4 Å². The Bertz CT molecular complexity index is 1350. The third-order valence-corrected chi connectivity index (χ3v) is 6.47. The molecule has 2 aromatic carbocycles. The van der Waals surface area contributed by atoms with Crippen molar-refractivity contribution >= 4 is 11.5 Å². The Morgan fingerprint density at radius 2 is 1.74 bits per heavy atom. The van der Waals surface area contributed by atoms with Gasteiger partial charge < -0.3 is 10.1 Å². The minimum absolute atomic E-state index is 0.00487. The van der Waals surface area contributed by atoms with Gasteiger partial charge in [0.05, 0.1) is 23.7 Å². The lowest BCUT2D eigenvalue weighted by Gasteiger charge is -2.24. The summed E-state index contributed by atoms with van der Waals surface area (Å²) in [4.78, 5) is 4.58. The van der Waals surface area contributed by atoms with E-state index in [4.69, 9.17) is 4.74 Å². The lowest BCUT2D eigenvalue weighted by molar-refractivity contribution is -0.0188. The van der Waals surface area contributed by atoms with E-state index in [2.05, 4.69) is 81.5 Å². The molecule has 0 bridgehead atoms. The molecule has 172 valence electrons. The number of hydrogen-bond acceptors (Lipinski definition) is 6. The fraction of sp³-hybridized carbons (Fsp3) is 0.296. The number of para-hydroxylation sites is 1. The van der Waals surface area contributed by atoms with Crippen LogP contribution in [-0.4, -0.2) is 32.1 Å². The molecule has 0 atom stereocenters. The summed E-state index contributed by atoms with van der Waals surface area (Å²) in [7, 11) is 0. The average molecular weight is 453 g/mol. The molecule has 3 heterocycles. The van der Waals surface area contributed by atoms with Crippen molar-refractivity contribution < 1.29 is 4.74 Å². The summed E-state index contributed by atoms with van der Waals surface area (Å²) in [5, 5.41) is 16.3. The molecular formula is C27H28N6O. The number of hydrogen-bond donors (Lipinski definition) is 2. The summed E-state index contributed by atoms with van der Waals surface area (Å²) < 4.78 is 8.00. The van der Waals surface area contributed by atoms with Gasteiger partial charge in [-0.2, -0.15) is 0 Å². The molecule has 0 saturated heterocycles. The van der Waals surface area contributed by atoms with Crippen molar-refractivity contribution in [3.63, 3.8) is 0 Å². The number of ether oxygens (including phenoxy) is 1. The van der Waals surface area contributed by atoms with Gasteiger partial charge >= 0.3 is 0 Å². The standard InChI is InChI=1S/C27H28N6O/c1-26(2,3)34-17-29-27(14-15-27)19-12-10-18(11-13-19)24-31-32-25-20-7-4-5-8-21(20)30-23-22(33(24)25)9-6-16-28-23/h4-13,16,29H,14-15,17H2,1-3H3,(H,28,30). The highest BCUT2D eigenvalue weighted by atomic mass is 16.5. The first-order valence-corrected chi connectivity index (χ1v) is 11.7. The average Bonchev–Trinajstić information content (AvgIpc) is 3.52. The zero-order chi connectivity index (χ0) is 23.3. The Kier molecular flexibility index (Phi) is 4.79. The van der Waals surface area contributed by atoms with E-state index in [-0.39, 0.29) is 11.1 Å². The second-order valence-corrected chi connectivity index (χ2v) is 9.96. The summed E-state index contributed by atoms with van der Waals surface area (Å²) in [6.07, 6.45) is 4.02. The van der Waals surface area contributed by atoms with Crippen LogP contribution in [0.15, 0.2) is 66.9 Å². The van der Waals surface area contributed by atoms with Crippen molar-refractivity contribution in [1.29, 1.82) is 0 Å². The lowest BCUT2D eigenvalue weighted by atomic mass is 10.0. The van der Waals surface area contributed by atoms with Crippen LogP contribution in [0.2, 0.25) is 0 Å². The van der Waals surface area contributed by atoms with Crippen molar-refractivity contribution in [3.8, 4) is 28.5 Å². The van der Waals surface area contributed by atoms with Gasteiger partial charge in [-0.15, -0.1) is 10.2 Å². The predicted molar refractivity (Wildman–Crippen MR) is 133 cm³/mol. The van der Waals surface area contributed by atoms with Gasteiger partial charge in [0.2, 0.25) is 0 Å². The van der Waals surface area contributed by atoms with Gasteiger partial charge in [0.15, 0.2) is 17.5 Å². The Hall–Kier alpha value is -3.55. The van der Waals surface area contributed by atoms with Gasteiger partial charge in [-0.3, -0.25) is 9.88 Å². The normalized spacial score (nSPS) is 15.5. The van der Waals surface area contributed by atoms with Crippen LogP contribution in [0.25, 0.3) is 28.5 Å². The molecule has 34 heavy (non-hydrogen) atoms. The van der Waals surface area contributed by atoms with E-state index >= 15 is 0 Å². The highest BCUT2D eigenvalue weighted by molar-refractivity contribution is 5.84. The molecule has 1 aliphatic carbocycles. The fourth-order valence-electron chi connectivity index (χ4n) is 4.48. The van der Waals surface area contributed by atoms with Gasteiger partial charge in [-0.25, -0.2) is 4.98 Å². The van der Waals surface area contributed by atoms with E-state index in [0.29, 0.717) is 6.73 Å². The molecule has 7 heteroatoms. The Balaban J connectivity index is 1.36. The highest BCUT2D eigenvalue weighted by Gasteiger charge is 2.44. The van der Waals surface area contributed by atoms with Crippen LogP contribution in [0.5, 0.6) is 0 Å². The SMILES string of the molecule is CC(C)(C)OCNC1(c2ccc(-c3nnc4n3-c3cccnc3Nc3ccccc3-4)cc2)CC1. The van der Waals surface area contributed by atoms with Crippen LogP contribution in [0.4, 0.5) is 11.5 Å². The monoisotopic (exact) mass is 452 g/mol. The highest BCUT2D eigenvalue weighted by Crippen LogP contribution is 2.46. The molecule has 4 aromatic rings. The van der Waals surface area contributed by atoms with Crippen LogP contribution in [0.3, 0.4) is 0 Å². The summed E-state index contributed by atoms with van der Waals surface area (Å²) in [6, 6.07) is 20.8. The van der Waals surface area contributed by atoms with E-state index in [9.17, 15) is 0 Å². The topological polar surface area (TPSA) is 76.9 Å². The minimum atomic E-state index is -0.156. The number of anilines is 2. The molecule has 2 N–H and O–H groups in total. The summed E-state index contributed by atoms with van der Waals surface area (Å²) >= 11 is 0. The maximum Gasteiger partial charge on any atom is 0.171 e. The van der Waals surface area contributed by atoms with Crippen LogP contribution >= 0.6 is 0 Å². The number of pyridine rings is 1. The summed E-state index contributed by atoms with van der Waals surface area (Å²) in [6.45, 7) is 6.77. The first-order chi connectivity index (χ1) is 16.4. The van der Waals surface area contributed by atoms with Gasteiger partial charge in [-0.05, 0) is 63.4 Å². The predicted octanol–water partition coefficient (Wildman–Crippen LogP) is 5.40. The van der Waals surface area contributed by atoms with E-state index in [1.165, 1.54) is 5.56 Å². The summed E-state index contributed by atoms with van der Waals surface area (Å²) in [5.74, 6) is 2.38. The smallest absolute Gasteiger partial charge is 0.171 e. The zero-order valence-corrected chi connectivity index (χ0v) is 19.7. The maximum absolute atomic E-state index is 5.90. The third kappa shape index (κ3) is 3.67. The number of nitrogens with zero attached hydrogens (tertiary/aromatic N) is 4. The number of nitrogens with one attached hydrogen (secondary N) is 2. The number of fused-ring (bicyclic) bond motifs is 5. The summed E-state index contributed by atoms with van der Waals surface area (Å²) in [5.41, 5.74) is 5.03. The molecule has 7 nitrogen and oxygen atoms in total. The molecule has 1 saturated carbocycles. The van der Waals surface area contributed by atoms with Crippen molar-refractivity contribution in [1.82, 2.24) is 25.1 Å². The van der Waals surface area contributed by atoms with Crippen molar-refractivity contribution in [2.45, 2.75) is 44.8 Å². The number of rotatable bonds is 5. The first-order valence-electron chi connectivity index (χ1n) is 11.7. The lowest BCUT2D eigenvalue weighted by Crippen LogP contribution is -2.35. The number of aromatic nitrogens is 4. The van der Waals surface area contributed by atoms with Gasteiger partial charge in [0, 0.05) is 22.9 Å². The largest absolute Gasteiger partial charge is 0.361 e. The van der Waals surface area contributed by atoms with Crippen LogP contribution in [0, 0.1) is 0 Å². The molecule has 1 aliphatic heterocycles. The Morgan fingerprint density at radius 3 is 2.50 bits per heavy atom. The molecule has 0 spiro atoms. The molecule has 0 amide bonds. The molecule has 2 aromatic heterocycles. The van der Waals surface area contributed by atoms with Crippen LogP contribution in [0.1, 0.15) is 39.2 Å².